The van der Waals surface area contributed by atoms with Crippen LogP contribution in [0.25, 0.3) is 0 Å². The Morgan fingerprint density at radius 1 is 1.19 bits per heavy atom. The average Bonchev–Trinajstić information content (AvgIpc) is 2.62. The lowest BCUT2D eigenvalue weighted by molar-refractivity contribution is 0.632. The molecule has 16 heavy (non-hydrogen) atoms. The molecule has 0 saturated carbocycles. The molecule has 0 spiro atoms. The number of nitrogens with one attached hydrogen (secondary N) is 1. The van der Waals surface area contributed by atoms with E-state index in [4.69, 9.17) is 0 Å². The second kappa shape index (κ2) is 7.31. The highest BCUT2D eigenvalue weighted by Crippen LogP contribution is 2.10. The van der Waals surface area contributed by atoms with Gasteiger partial charge < -0.3 is 9.88 Å². The van der Waals surface area contributed by atoms with Crippen molar-refractivity contribution in [3.05, 3.63) is 11.9 Å². The third kappa shape index (κ3) is 4.25. The Morgan fingerprint density at radius 2 is 1.94 bits per heavy atom. The van der Waals surface area contributed by atoms with Crippen molar-refractivity contribution in [1.82, 2.24) is 9.55 Å². The highest BCUT2D eigenvalue weighted by Gasteiger charge is 2.03. The molecule has 3 nitrogen and oxygen atoms in total. The summed E-state index contributed by atoms with van der Waals surface area (Å²) in [6.07, 6.45) is 8.38. The minimum atomic E-state index is 1.04. The molecule has 0 radical (unpaired) electrons. The maximum Gasteiger partial charge on any atom is 0.203 e. The molecule has 1 N–H and O–H groups in total. The van der Waals surface area contributed by atoms with Crippen LogP contribution in [0.4, 0.5) is 5.95 Å². The first-order valence-electron chi connectivity index (χ1n) is 6.55. The first kappa shape index (κ1) is 13.1. The fourth-order valence-corrected chi connectivity index (χ4v) is 1.76. The summed E-state index contributed by atoms with van der Waals surface area (Å²) in [6.45, 7) is 8.62. The monoisotopic (exact) mass is 223 g/mol. The van der Waals surface area contributed by atoms with Crippen LogP contribution in [-0.2, 0) is 6.54 Å². The molecule has 0 fully saturated rings. The van der Waals surface area contributed by atoms with Crippen molar-refractivity contribution in [1.29, 1.82) is 0 Å². The van der Waals surface area contributed by atoms with Crippen molar-refractivity contribution < 1.29 is 0 Å². The van der Waals surface area contributed by atoms with Gasteiger partial charge in [-0.15, -0.1) is 0 Å². The van der Waals surface area contributed by atoms with Gasteiger partial charge in [0.2, 0.25) is 5.95 Å². The summed E-state index contributed by atoms with van der Waals surface area (Å²) in [7, 11) is 0. The van der Waals surface area contributed by atoms with Crippen molar-refractivity contribution >= 4 is 5.95 Å². The number of rotatable bonds is 8. The molecule has 3 heteroatoms. The Kier molecular flexibility index (Phi) is 5.98. The summed E-state index contributed by atoms with van der Waals surface area (Å²) >= 11 is 0. The first-order chi connectivity index (χ1) is 7.77. The molecule has 0 unspecified atom stereocenters. The second-order valence-corrected chi connectivity index (χ2v) is 4.39. The smallest absolute Gasteiger partial charge is 0.203 e. The molecule has 0 saturated heterocycles. The van der Waals surface area contributed by atoms with E-state index in [2.05, 4.69) is 41.8 Å². The number of hydrogen-bond acceptors (Lipinski definition) is 2. The lowest BCUT2D eigenvalue weighted by Gasteiger charge is -2.08. The summed E-state index contributed by atoms with van der Waals surface area (Å²) in [4.78, 5) is 4.51. The molecule has 0 aliphatic rings. The molecule has 1 aromatic rings. The van der Waals surface area contributed by atoms with E-state index in [-0.39, 0.29) is 0 Å². The Hall–Kier alpha value is -0.990. The van der Waals surface area contributed by atoms with E-state index in [1.54, 1.807) is 0 Å². The number of aryl methyl sites for hydroxylation is 2. The van der Waals surface area contributed by atoms with E-state index in [9.17, 15) is 0 Å². The van der Waals surface area contributed by atoms with Crippen molar-refractivity contribution in [2.45, 2.75) is 59.4 Å². The van der Waals surface area contributed by atoms with Crippen LogP contribution in [0.3, 0.4) is 0 Å². The zero-order valence-corrected chi connectivity index (χ0v) is 10.9. The van der Waals surface area contributed by atoms with E-state index >= 15 is 0 Å². The molecule has 1 heterocycles. The SMILES string of the molecule is CCCCCNc1nc(C)cn1CCCC. The summed E-state index contributed by atoms with van der Waals surface area (Å²) in [5, 5.41) is 3.43. The summed E-state index contributed by atoms with van der Waals surface area (Å²) < 4.78 is 2.24. The quantitative estimate of drug-likeness (QED) is 0.682. The number of nitrogens with zero attached hydrogens (tertiary/aromatic N) is 2. The summed E-state index contributed by atoms with van der Waals surface area (Å²) in [5.41, 5.74) is 1.11. The van der Waals surface area contributed by atoms with Crippen molar-refractivity contribution in [3.63, 3.8) is 0 Å². The van der Waals surface area contributed by atoms with Crippen molar-refractivity contribution in [2.24, 2.45) is 0 Å². The van der Waals surface area contributed by atoms with Gasteiger partial charge in [0.25, 0.3) is 0 Å². The highest BCUT2D eigenvalue weighted by atomic mass is 15.2. The average molecular weight is 223 g/mol. The van der Waals surface area contributed by atoms with Crippen LogP contribution in [0.1, 0.15) is 51.6 Å². The third-order valence-corrected chi connectivity index (χ3v) is 2.71. The van der Waals surface area contributed by atoms with Gasteiger partial charge in [0.05, 0.1) is 5.69 Å². The largest absolute Gasteiger partial charge is 0.356 e. The summed E-state index contributed by atoms with van der Waals surface area (Å²) in [5.74, 6) is 1.04. The molecule has 0 atom stereocenters. The predicted octanol–water partition coefficient (Wildman–Crippen LogP) is 3.59. The minimum absolute atomic E-state index is 1.04. The molecular formula is C13H25N3. The van der Waals surface area contributed by atoms with E-state index in [1.165, 1.54) is 32.1 Å². The fraction of sp³-hybridized carbons (Fsp3) is 0.769. The molecule has 0 aliphatic carbocycles. The van der Waals surface area contributed by atoms with Crippen LogP contribution in [0.15, 0.2) is 6.20 Å². The van der Waals surface area contributed by atoms with Gasteiger partial charge in [-0.1, -0.05) is 33.1 Å². The topological polar surface area (TPSA) is 29.9 Å². The molecular weight excluding hydrogens is 198 g/mol. The van der Waals surface area contributed by atoms with Crippen LogP contribution < -0.4 is 5.32 Å². The van der Waals surface area contributed by atoms with Gasteiger partial charge in [-0.3, -0.25) is 0 Å². The number of imidazole rings is 1. The van der Waals surface area contributed by atoms with Crippen LogP contribution in [-0.4, -0.2) is 16.1 Å². The molecule has 0 aliphatic heterocycles. The van der Waals surface area contributed by atoms with Crippen LogP contribution in [0.5, 0.6) is 0 Å². The number of unbranched alkanes of at least 4 members (excludes halogenated alkanes) is 3. The Morgan fingerprint density at radius 3 is 2.62 bits per heavy atom. The molecule has 0 amide bonds. The maximum atomic E-state index is 4.51. The van der Waals surface area contributed by atoms with Gasteiger partial charge in [0, 0.05) is 19.3 Å². The number of hydrogen-bond donors (Lipinski definition) is 1. The molecule has 92 valence electrons. The van der Waals surface area contributed by atoms with Gasteiger partial charge in [-0.05, 0) is 19.8 Å². The van der Waals surface area contributed by atoms with E-state index < -0.39 is 0 Å². The predicted molar refractivity (Wildman–Crippen MR) is 69.9 cm³/mol. The van der Waals surface area contributed by atoms with E-state index in [1.807, 2.05) is 0 Å². The lowest BCUT2D eigenvalue weighted by Crippen LogP contribution is -2.08. The third-order valence-electron chi connectivity index (χ3n) is 2.71. The fourth-order valence-electron chi connectivity index (χ4n) is 1.76. The Labute approximate surface area is 99.3 Å². The molecule has 0 aromatic carbocycles. The maximum absolute atomic E-state index is 4.51. The van der Waals surface area contributed by atoms with E-state index in [0.717, 1.165) is 24.7 Å². The van der Waals surface area contributed by atoms with Crippen LogP contribution in [0, 0.1) is 6.92 Å². The van der Waals surface area contributed by atoms with Gasteiger partial charge >= 0.3 is 0 Å². The Bertz CT molecular complexity index is 291. The standard InChI is InChI=1S/C13H25N3/c1-4-6-8-9-14-13-15-12(3)11-16(13)10-7-5-2/h11H,4-10H2,1-3H3,(H,14,15). The first-order valence-corrected chi connectivity index (χ1v) is 6.55. The van der Waals surface area contributed by atoms with Crippen molar-refractivity contribution in [3.8, 4) is 0 Å². The normalized spacial score (nSPS) is 10.7. The van der Waals surface area contributed by atoms with Crippen LogP contribution in [0.2, 0.25) is 0 Å². The van der Waals surface area contributed by atoms with Crippen molar-refractivity contribution in [2.75, 3.05) is 11.9 Å². The van der Waals surface area contributed by atoms with Crippen LogP contribution >= 0.6 is 0 Å². The van der Waals surface area contributed by atoms with Gasteiger partial charge in [-0.2, -0.15) is 0 Å². The highest BCUT2D eigenvalue weighted by molar-refractivity contribution is 5.28. The lowest BCUT2D eigenvalue weighted by atomic mass is 10.2. The van der Waals surface area contributed by atoms with Gasteiger partial charge in [-0.25, -0.2) is 4.98 Å². The second-order valence-electron chi connectivity index (χ2n) is 4.39. The zero-order chi connectivity index (χ0) is 11.8. The molecule has 0 bridgehead atoms. The Balaban J connectivity index is 2.43. The number of aromatic nitrogens is 2. The summed E-state index contributed by atoms with van der Waals surface area (Å²) in [6, 6.07) is 0. The number of anilines is 1. The van der Waals surface area contributed by atoms with Gasteiger partial charge in [0.15, 0.2) is 0 Å². The minimum Gasteiger partial charge on any atom is -0.356 e. The van der Waals surface area contributed by atoms with Gasteiger partial charge in [0.1, 0.15) is 0 Å². The van der Waals surface area contributed by atoms with E-state index in [0.29, 0.717) is 0 Å². The zero-order valence-electron chi connectivity index (χ0n) is 10.9. The molecule has 1 rings (SSSR count). The molecule has 1 aromatic heterocycles.